The van der Waals surface area contributed by atoms with Gasteiger partial charge in [0.2, 0.25) is 0 Å². The molecule has 0 saturated carbocycles. The second-order valence-electron chi connectivity index (χ2n) is 5.30. The van der Waals surface area contributed by atoms with Crippen LogP contribution in [0.1, 0.15) is 54.1 Å². The van der Waals surface area contributed by atoms with Crippen molar-refractivity contribution in [2.24, 2.45) is 0 Å². The number of thiol groups is 1. The third-order valence-electron chi connectivity index (χ3n) is 3.69. The fraction of sp³-hybridized carbons (Fsp3) is 0.333. The molecule has 2 aromatic rings. The van der Waals surface area contributed by atoms with Crippen molar-refractivity contribution in [1.82, 2.24) is 0 Å². The Hall–Kier alpha value is -1.81. The minimum atomic E-state index is -0.162. The molecule has 0 saturated heterocycles. The normalized spacial score (nSPS) is 12.0. The summed E-state index contributed by atoms with van der Waals surface area (Å²) >= 11 is 4.00. The number of ketones is 1. The molecule has 116 valence electrons. The Bertz CT molecular complexity index is 590. The van der Waals surface area contributed by atoms with Gasteiger partial charge in [-0.3, -0.25) is 9.59 Å². The maximum atomic E-state index is 11.8. The molecule has 1 aromatic heterocycles. The van der Waals surface area contributed by atoms with E-state index in [0.717, 1.165) is 31.2 Å². The molecular formula is C18H20O3S. The predicted octanol–water partition coefficient (Wildman–Crippen LogP) is 4.65. The Labute approximate surface area is 136 Å². The highest BCUT2D eigenvalue weighted by molar-refractivity contribution is 7.96. The molecule has 1 aromatic carbocycles. The lowest BCUT2D eigenvalue weighted by Gasteiger charge is -2.13. The fourth-order valence-electron chi connectivity index (χ4n) is 2.49. The first kappa shape index (κ1) is 16.6. The Kier molecular flexibility index (Phi) is 6.46. The van der Waals surface area contributed by atoms with Crippen LogP contribution in [0, 0.1) is 0 Å². The van der Waals surface area contributed by atoms with Gasteiger partial charge in [-0.15, -0.1) is 12.6 Å². The zero-order valence-corrected chi connectivity index (χ0v) is 13.3. The van der Waals surface area contributed by atoms with E-state index in [1.807, 2.05) is 30.3 Å². The zero-order valence-electron chi connectivity index (χ0n) is 12.4. The number of hydrogen-bond donors (Lipinski definition) is 1. The van der Waals surface area contributed by atoms with Gasteiger partial charge >= 0.3 is 0 Å². The summed E-state index contributed by atoms with van der Waals surface area (Å²) in [4.78, 5) is 23.4. The number of unbranched alkanes of at least 4 members (excludes halogenated alkanes) is 2. The van der Waals surface area contributed by atoms with Gasteiger partial charge in [-0.05, 0) is 30.5 Å². The van der Waals surface area contributed by atoms with E-state index in [4.69, 9.17) is 4.42 Å². The first-order valence-corrected chi connectivity index (χ1v) is 7.97. The number of furan rings is 1. The van der Waals surface area contributed by atoms with E-state index in [-0.39, 0.29) is 16.8 Å². The van der Waals surface area contributed by atoms with Gasteiger partial charge in [-0.2, -0.15) is 0 Å². The molecule has 1 unspecified atom stereocenters. The van der Waals surface area contributed by atoms with Crippen LogP contribution in [0.25, 0.3) is 0 Å². The van der Waals surface area contributed by atoms with Gasteiger partial charge in [-0.1, -0.05) is 43.2 Å². The number of rotatable bonds is 9. The van der Waals surface area contributed by atoms with Crippen LogP contribution >= 0.6 is 12.6 Å². The van der Waals surface area contributed by atoms with E-state index in [9.17, 15) is 9.59 Å². The van der Waals surface area contributed by atoms with E-state index in [1.165, 1.54) is 6.26 Å². The molecule has 1 atom stereocenters. The summed E-state index contributed by atoms with van der Waals surface area (Å²) in [7, 11) is 0. The van der Waals surface area contributed by atoms with E-state index < -0.39 is 0 Å². The van der Waals surface area contributed by atoms with Gasteiger partial charge < -0.3 is 4.42 Å². The SMILES string of the molecule is O=C(CCCCCC(C(=O)S)c1ccccc1)c1ccco1. The lowest BCUT2D eigenvalue weighted by molar-refractivity contribution is -0.112. The molecule has 1 heterocycles. The van der Waals surface area contributed by atoms with Gasteiger partial charge in [0.15, 0.2) is 16.7 Å². The van der Waals surface area contributed by atoms with Crippen LogP contribution in [0.4, 0.5) is 0 Å². The van der Waals surface area contributed by atoms with Crippen LogP contribution in [-0.2, 0) is 4.79 Å². The van der Waals surface area contributed by atoms with E-state index in [1.54, 1.807) is 12.1 Å². The first-order valence-electron chi connectivity index (χ1n) is 7.53. The van der Waals surface area contributed by atoms with Crippen LogP contribution in [-0.4, -0.2) is 10.9 Å². The van der Waals surface area contributed by atoms with Crippen LogP contribution in [0.15, 0.2) is 53.1 Å². The van der Waals surface area contributed by atoms with Crippen LogP contribution in [0.5, 0.6) is 0 Å². The van der Waals surface area contributed by atoms with Crippen molar-refractivity contribution in [2.45, 2.75) is 38.0 Å². The van der Waals surface area contributed by atoms with Crippen LogP contribution in [0.3, 0.4) is 0 Å². The lowest BCUT2D eigenvalue weighted by atomic mass is 9.94. The number of carbonyl (C=O) groups excluding carboxylic acids is 2. The molecule has 0 fully saturated rings. The van der Waals surface area contributed by atoms with E-state index in [2.05, 4.69) is 12.6 Å². The minimum Gasteiger partial charge on any atom is -0.461 e. The third-order valence-corrected chi connectivity index (χ3v) is 4.00. The number of Topliss-reactive ketones (excluding diaryl/α,β-unsaturated/α-hetero) is 1. The second kappa shape index (κ2) is 8.59. The molecular weight excluding hydrogens is 296 g/mol. The van der Waals surface area contributed by atoms with Gasteiger partial charge in [0.25, 0.3) is 0 Å². The van der Waals surface area contributed by atoms with Gasteiger partial charge in [0.1, 0.15) is 0 Å². The maximum Gasteiger partial charge on any atom is 0.197 e. The summed E-state index contributed by atoms with van der Waals surface area (Å²) in [6.45, 7) is 0. The van der Waals surface area contributed by atoms with Crippen molar-refractivity contribution in [1.29, 1.82) is 0 Å². The topological polar surface area (TPSA) is 47.3 Å². The standard InChI is InChI=1S/C18H20O3S/c19-16(17-12-7-13-21-17)11-6-2-5-10-15(18(20)22)14-8-3-1-4-9-14/h1,3-4,7-9,12-13,15H,2,5-6,10-11H2,(H,20,22). The number of benzene rings is 1. The summed E-state index contributed by atoms with van der Waals surface area (Å²) in [6.07, 6.45) is 5.38. The summed E-state index contributed by atoms with van der Waals surface area (Å²) in [6, 6.07) is 13.1. The Morgan fingerprint density at radius 3 is 2.41 bits per heavy atom. The van der Waals surface area contributed by atoms with Crippen molar-refractivity contribution in [2.75, 3.05) is 0 Å². The molecule has 0 spiro atoms. The Morgan fingerprint density at radius 1 is 1.00 bits per heavy atom. The van der Waals surface area contributed by atoms with Crippen molar-refractivity contribution in [3.63, 3.8) is 0 Å². The smallest absolute Gasteiger partial charge is 0.197 e. The van der Waals surface area contributed by atoms with Crippen molar-refractivity contribution >= 4 is 23.5 Å². The Balaban J connectivity index is 1.73. The highest BCUT2D eigenvalue weighted by Crippen LogP contribution is 2.25. The molecule has 2 rings (SSSR count). The summed E-state index contributed by atoms with van der Waals surface area (Å²) in [5, 5.41) is -0.0992. The summed E-state index contributed by atoms with van der Waals surface area (Å²) < 4.78 is 5.08. The quantitative estimate of drug-likeness (QED) is 0.416. The van der Waals surface area contributed by atoms with Gasteiger partial charge in [0, 0.05) is 6.42 Å². The fourth-order valence-corrected chi connectivity index (χ4v) is 2.77. The van der Waals surface area contributed by atoms with E-state index >= 15 is 0 Å². The Morgan fingerprint density at radius 2 is 1.77 bits per heavy atom. The second-order valence-corrected chi connectivity index (χ2v) is 5.74. The summed E-state index contributed by atoms with van der Waals surface area (Å²) in [5.41, 5.74) is 1.01. The molecule has 0 aliphatic heterocycles. The van der Waals surface area contributed by atoms with Gasteiger partial charge in [-0.25, -0.2) is 0 Å². The molecule has 0 aliphatic carbocycles. The molecule has 0 aliphatic rings. The average Bonchev–Trinajstić information content (AvgIpc) is 3.05. The molecule has 0 N–H and O–H groups in total. The molecule has 4 heteroatoms. The van der Waals surface area contributed by atoms with Crippen molar-refractivity contribution in [3.8, 4) is 0 Å². The highest BCUT2D eigenvalue weighted by atomic mass is 32.1. The minimum absolute atomic E-state index is 0.0369. The van der Waals surface area contributed by atoms with Crippen LogP contribution in [0.2, 0.25) is 0 Å². The summed E-state index contributed by atoms with van der Waals surface area (Å²) in [5.74, 6) is 0.299. The molecule has 0 radical (unpaired) electrons. The first-order chi connectivity index (χ1) is 10.7. The zero-order chi connectivity index (χ0) is 15.8. The van der Waals surface area contributed by atoms with Crippen LogP contribution < -0.4 is 0 Å². The highest BCUT2D eigenvalue weighted by Gasteiger charge is 2.17. The average molecular weight is 316 g/mol. The molecule has 22 heavy (non-hydrogen) atoms. The third kappa shape index (κ3) is 4.88. The van der Waals surface area contributed by atoms with Gasteiger partial charge in [0.05, 0.1) is 12.2 Å². The van der Waals surface area contributed by atoms with E-state index in [0.29, 0.717) is 12.2 Å². The monoisotopic (exact) mass is 316 g/mol. The predicted molar refractivity (Wildman–Crippen MR) is 89.3 cm³/mol. The number of carbonyl (C=O) groups is 2. The lowest BCUT2D eigenvalue weighted by Crippen LogP contribution is -2.07. The molecule has 0 bridgehead atoms. The maximum absolute atomic E-state index is 11.8. The number of hydrogen-bond acceptors (Lipinski definition) is 3. The largest absolute Gasteiger partial charge is 0.461 e. The molecule has 0 amide bonds. The van der Waals surface area contributed by atoms with Crippen molar-refractivity contribution < 1.29 is 14.0 Å². The molecule has 3 nitrogen and oxygen atoms in total. The van der Waals surface area contributed by atoms with Crippen molar-refractivity contribution in [3.05, 3.63) is 60.1 Å².